The van der Waals surface area contributed by atoms with Crippen LogP contribution in [0.3, 0.4) is 0 Å². The lowest BCUT2D eigenvalue weighted by atomic mass is 9.91. The van der Waals surface area contributed by atoms with Gasteiger partial charge in [0.2, 0.25) is 0 Å². The van der Waals surface area contributed by atoms with Crippen molar-refractivity contribution in [3.8, 4) is 0 Å². The Hall–Kier alpha value is -1.31. The number of aryl methyl sites for hydroxylation is 1. The Balaban J connectivity index is 2.14. The Kier molecular flexibility index (Phi) is 9.05. The van der Waals surface area contributed by atoms with Gasteiger partial charge in [-0.3, -0.25) is 4.79 Å². The van der Waals surface area contributed by atoms with Gasteiger partial charge in [-0.1, -0.05) is 20.8 Å². The molecule has 0 unspecified atom stereocenters. The third-order valence-electron chi connectivity index (χ3n) is 4.65. The third-order valence-corrected chi connectivity index (χ3v) is 5.59. The molecule has 1 aromatic rings. The fourth-order valence-electron chi connectivity index (χ4n) is 3.09. The van der Waals surface area contributed by atoms with E-state index in [4.69, 9.17) is 14.5 Å². The number of ether oxygens (including phenoxy) is 2. The van der Waals surface area contributed by atoms with Crippen molar-refractivity contribution >= 4 is 23.5 Å². The Labute approximate surface area is 173 Å². The molecule has 2 heterocycles. The molecule has 0 saturated carbocycles. The topological polar surface area (TPSA) is 63.7 Å². The van der Waals surface area contributed by atoms with Gasteiger partial charge in [0.05, 0.1) is 25.4 Å². The first-order valence-corrected chi connectivity index (χ1v) is 11.0. The van der Waals surface area contributed by atoms with Crippen molar-refractivity contribution in [2.75, 3.05) is 57.2 Å². The summed E-state index contributed by atoms with van der Waals surface area (Å²) in [6, 6.07) is 2.02. The third kappa shape index (κ3) is 7.26. The predicted octanol–water partition coefficient (Wildman–Crippen LogP) is 3.52. The van der Waals surface area contributed by atoms with E-state index in [2.05, 4.69) is 31.0 Å². The van der Waals surface area contributed by atoms with Crippen molar-refractivity contribution in [2.45, 2.75) is 45.6 Å². The number of carbonyl (C=O) groups excluding carboxylic acids is 1. The number of hydrogen-bond acceptors (Lipinski definition) is 6. The fraction of sp³-hybridized carbons (Fsp3) is 0.714. The molecule has 158 valence electrons. The normalized spacial score (nSPS) is 15.0. The van der Waals surface area contributed by atoms with Crippen molar-refractivity contribution < 1.29 is 14.3 Å². The highest BCUT2D eigenvalue weighted by atomic mass is 32.2. The maximum Gasteiger partial charge on any atom is 0.254 e. The number of thioether (sulfide) groups is 1. The number of carbonyl (C=O) groups is 1. The van der Waals surface area contributed by atoms with E-state index in [-0.39, 0.29) is 11.3 Å². The van der Waals surface area contributed by atoms with Crippen molar-refractivity contribution in [3.63, 3.8) is 0 Å². The molecule has 1 aliphatic heterocycles. The van der Waals surface area contributed by atoms with Crippen LogP contribution in [0.15, 0.2) is 11.1 Å². The summed E-state index contributed by atoms with van der Waals surface area (Å²) in [6.07, 6.45) is 2.05. The van der Waals surface area contributed by atoms with E-state index >= 15 is 0 Å². The van der Waals surface area contributed by atoms with Gasteiger partial charge in [-0.2, -0.15) is 0 Å². The molecule has 0 spiro atoms. The lowest BCUT2D eigenvalue weighted by Crippen LogP contribution is -2.37. The predicted molar refractivity (Wildman–Crippen MR) is 116 cm³/mol. The maximum absolute atomic E-state index is 12.9. The van der Waals surface area contributed by atoms with Crippen molar-refractivity contribution in [1.29, 1.82) is 0 Å². The lowest BCUT2D eigenvalue weighted by Gasteiger charge is -2.29. The van der Waals surface area contributed by atoms with Gasteiger partial charge in [-0.25, -0.2) is 4.98 Å². The minimum atomic E-state index is -0.0349. The van der Waals surface area contributed by atoms with Gasteiger partial charge >= 0.3 is 0 Å². The molecule has 28 heavy (non-hydrogen) atoms. The van der Waals surface area contributed by atoms with E-state index in [1.54, 1.807) is 18.9 Å². The van der Waals surface area contributed by atoms with E-state index in [0.29, 0.717) is 31.9 Å². The summed E-state index contributed by atoms with van der Waals surface area (Å²) in [5.74, 6) is 1.65. The number of pyridine rings is 1. The van der Waals surface area contributed by atoms with Gasteiger partial charge in [0.25, 0.3) is 5.91 Å². The number of nitrogens with one attached hydrogen (secondary N) is 1. The number of methoxy groups -OCH3 is 1. The number of rotatable bonds is 9. The summed E-state index contributed by atoms with van der Waals surface area (Å²) in [5.41, 5.74) is 1.93. The zero-order chi connectivity index (χ0) is 20.6. The second-order valence-corrected chi connectivity index (χ2v) is 9.42. The van der Waals surface area contributed by atoms with Crippen LogP contribution in [0.1, 0.15) is 49.5 Å². The van der Waals surface area contributed by atoms with Crippen LogP contribution in [0.25, 0.3) is 0 Å². The summed E-state index contributed by atoms with van der Waals surface area (Å²) < 4.78 is 10.6. The molecular formula is C21H35N3O3S. The molecule has 1 N–H and O–H groups in total. The van der Waals surface area contributed by atoms with Gasteiger partial charge in [0.1, 0.15) is 10.8 Å². The average molecular weight is 410 g/mol. The van der Waals surface area contributed by atoms with Crippen LogP contribution < -0.4 is 10.2 Å². The first-order valence-electron chi connectivity index (χ1n) is 10.1. The number of hydrogen-bond donors (Lipinski definition) is 1. The van der Waals surface area contributed by atoms with Crippen LogP contribution in [-0.2, 0) is 9.47 Å². The summed E-state index contributed by atoms with van der Waals surface area (Å²) in [6.45, 7) is 13.0. The first kappa shape index (κ1) is 23.0. The highest BCUT2D eigenvalue weighted by Crippen LogP contribution is 2.28. The minimum absolute atomic E-state index is 0.0349. The Morgan fingerprint density at radius 3 is 2.71 bits per heavy atom. The molecule has 0 aliphatic carbocycles. The first-order chi connectivity index (χ1) is 13.3. The minimum Gasteiger partial charge on any atom is -0.384 e. The van der Waals surface area contributed by atoms with Gasteiger partial charge in [0, 0.05) is 32.5 Å². The highest BCUT2D eigenvalue weighted by Gasteiger charge is 2.21. The van der Waals surface area contributed by atoms with Crippen LogP contribution in [0.4, 0.5) is 5.82 Å². The molecule has 0 aromatic carbocycles. The molecule has 2 rings (SSSR count). The number of aromatic nitrogens is 1. The van der Waals surface area contributed by atoms with Gasteiger partial charge in [-0.15, -0.1) is 11.8 Å². The molecule has 1 saturated heterocycles. The second kappa shape index (κ2) is 11.0. The molecule has 0 bridgehead atoms. The number of amides is 1. The standard InChI is InChI=1S/C21H35N3O3S/c1-16-15-17(24-9-11-27-12-10-24)23-20(28-14-13-26-5)18(16)19(25)22-8-6-7-21(2,3)4/h15H,6-14H2,1-5H3,(H,22,25). The van der Waals surface area contributed by atoms with Crippen LogP contribution in [0, 0.1) is 12.3 Å². The van der Waals surface area contributed by atoms with E-state index < -0.39 is 0 Å². The Bertz CT molecular complexity index is 641. The molecule has 1 fully saturated rings. The van der Waals surface area contributed by atoms with Crippen molar-refractivity contribution in [2.24, 2.45) is 5.41 Å². The summed E-state index contributed by atoms with van der Waals surface area (Å²) in [7, 11) is 1.69. The highest BCUT2D eigenvalue weighted by molar-refractivity contribution is 7.99. The largest absolute Gasteiger partial charge is 0.384 e. The van der Waals surface area contributed by atoms with Crippen molar-refractivity contribution in [3.05, 3.63) is 17.2 Å². The Morgan fingerprint density at radius 1 is 1.36 bits per heavy atom. The van der Waals surface area contributed by atoms with Gasteiger partial charge in [-0.05, 0) is 36.8 Å². The monoisotopic (exact) mass is 409 g/mol. The van der Waals surface area contributed by atoms with Crippen LogP contribution in [0.2, 0.25) is 0 Å². The second-order valence-electron chi connectivity index (χ2n) is 8.34. The van der Waals surface area contributed by atoms with E-state index in [1.807, 2.05) is 13.0 Å². The SMILES string of the molecule is COCCSc1nc(N2CCOCC2)cc(C)c1C(=O)NCCCC(C)(C)C. The summed E-state index contributed by atoms with van der Waals surface area (Å²) in [5, 5.41) is 3.87. The zero-order valence-corrected chi connectivity index (χ0v) is 18.8. The summed E-state index contributed by atoms with van der Waals surface area (Å²) >= 11 is 1.58. The Morgan fingerprint density at radius 2 is 2.07 bits per heavy atom. The smallest absolute Gasteiger partial charge is 0.254 e. The van der Waals surface area contributed by atoms with E-state index in [9.17, 15) is 4.79 Å². The summed E-state index contributed by atoms with van der Waals surface area (Å²) in [4.78, 5) is 20.0. The van der Waals surface area contributed by atoms with Gasteiger partial charge < -0.3 is 19.7 Å². The quantitative estimate of drug-likeness (QED) is 0.497. The van der Waals surface area contributed by atoms with Gasteiger partial charge in [0.15, 0.2) is 0 Å². The number of nitrogens with zero attached hydrogens (tertiary/aromatic N) is 2. The lowest BCUT2D eigenvalue weighted by molar-refractivity contribution is 0.0947. The molecule has 1 amide bonds. The number of morpholine rings is 1. The molecular weight excluding hydrogens is 374 g/mol. The molecule has 1 aromatic heterocycles. The maximum atomic E-state index is 12.9. The van der Waals surface area contributed by atoms with Crippen LogP contribution >= 0.6 is 11.8 Å². The van der Waals surface area contributed by atoms with E-state index in [0.717, 1.165) is 48.1 Å². The molecule has 0 atom stereocenters. The zero-order valence-electron chi connectivity index (χ0n) is 18.0. The van der Waals surface area contributed by atoms with E-state index in [1.165, 1.54) is 0 Å². The van der Waals surface area contributed by atoms with Crippen LogP contribution in [-0.4, -0.2) is 63.2 Å². The average Bonchev–Trinajstić information content (AvgIpc) is 2.65. The molecule has 0 radical (unpaired) electrons. The van der Waals surface area contributed by atoms with Crippen LogP contribution in [0.5, 0.6) is 0 Å². The van der Waals surface area contributed by atoms with Crippen molar-refractivity contribution in [1.82, 2.24) is 10.3 Å². The fourth-order valence-corrected chi connectivity index (χ4v) is 4.09. The molecule has 7 heteroatoms. The number of anilines is 1. The molecule has 6 nitrogen and oxygen atoms in total. The molecule has 1 aliphatic rings.